The minimum atomic E-state index is -1.30. The number of fused-ring (bicyclic) bond motifs is 1. The van der Waals surface area contributed by atoms with Crippen LogP contribution in [0.3, 0.4) is 0 Å². The van der Waals surface area contributed by atoms with E-state index < -0.39 is 31.1 Å². The molecule has 2 aromatic rings. The maximum Gasteiger partial charge on any atom is 0.226 e. The van der Waals surface area contributed by atoms with E-state index in [1.54, 1.807) is 0 Å². The van der Waals surface area contributed by atoms with Crippen molar-refractivity contribution in [2.24, 2.45) is 0 Å². The summed E-state index contributed by atoms with van der Waals surface area (Å²) in [7, 11) is 0. The Bertz CT molecular complexity index is 958. The summed E-state index contributed by atoms with van der Waals surface area (Å²) in [4.78, 5) is 8.37. The number of nitrogens with zero attached hydrogens (tertiary/aromatic N) is 4. The highest BCUT2D eigenvalue weighted by atomic mass is 35.5. The quantitative estimate of drug-likeness (QED) is 0.125. The summed E-state index contributed by atoms with van der Waals surface area (Å²) in [6.45, 7) is 3.32. The van der Waals surface area contributed by atoms with Crippen LogP contribution in [0.4, 0.5) is 5.82 Å². The van der Waals surface area contributed by atoms with Crippen molar-refractivity contribution in [2.75, 3.05) is 71.3 Å². The molecule has 0 aromatic carbocycles. The van der Waals surface area contributed by atoms with Gasteiger partial charge in [0.25, 0.3) is 0 Å². The molecule has 0 spiro atoms. The molecule has 2 aromatic heterocycles. The molecular formula is C21H30ClN5O8. The lowest BCUT2D eigenvalue weighted by Gasteiger charge is -2.16. The van der Waals surface area contributed by atoms with E-state index in [9.17, 15) is 15.3 Å². The largest absolute Gasteiger partial charge is 0.394 e. The van der Waals surface area contributed by atoms with Crippen LogP contribution in [0.5, 0.6) is 0 Å². The molecule has 1 fully saturated rings. The SMILES string of the molecule is C#CCOCCOCCOCCOCCNc1nc(Cl)nc2c1cnn2[C@@H]1O[C@H](CO)[C@@H](O)[C@H]1O. The first-order valence-corrected chi connectivity index (χ1v) is 11.5. The van der Waals surface area contributed by atoms with Crippen molar-refractivity contribution in [3.63, 3.8) is 0 Å². The molecule has 0 unspecified atom stereocenters. The summed E-state index contributed by atoms with van der Waals surface area (Å²) in [6, 6.07) is 0. The molecule has 1 saturated heterocycles. The van der Waals surface area contributed by atoms with Gasteiger partial charge in [0.2, 0.25) is 5.28 Å². The van der Waals surface area contributed by atoms with Crippen LogP contribution in [0, 0.1) is 12.3 Å². The molecule has 3 rings (SSSR count). The maximum atomic E-state index is 10.3. The van der Waals surface area contributed by atoms with E-state index in [1.807, 2.05) is 0 Å². The minimum Gasteiger partial charge on any atom is -0.394 e. The van der Waals surface area contributed by atoms with Crippen molar-refractivity contribution >= 4 is 28.5 Å². The number of terminal acetylenes is 1. The second-order valence-electron chi connectivity index (χ2n) is 7.42. The summed E-state index contributed by atoms with van der Waals surface area (Å²) in [5.74, 6) is 2.81. The molecule has 14 heteroatoms. The summed E-state index contributed by atoms with van der Waals surface area (Å²) < 4.78 is 28.2. The third kappa shape index (κ3) is 7.68. The second kappa shape index (κ2) is 14.4. The van der Waals surface area contributed by atoms with Gasteiger partial charge in [-0.25, -0.2) is 4.68 Å². The van der Waals surface area contributed by atoms with Gasteiger partial charge in [-0.05, 0) is 11.6 Å². The van der Waals surface area contributed by atoms with Gasteiger partial charge in [-0.1, -0.05) is 5.92 Å². The molecule has 0 aliphatic carbocycles. The number of hydrogen-bond donors (Lipinski definition) is 4. The molecule has 0 radical (unpaired) electrons. The molecule has 1 aliphatic rings. The monoisotopic (exact) mass is 515 g/mol. The fraction of sp³-hybridized carbons (Fsp3) is 0.667. The van der Waals surface area contributed by atoms with E-state index in [0.717, 1.165) is 0 Å². The number of nitrogens with one attached hydrogen (secondary N) is 1. The van der Waals surface area contributed by atoms with Crippen LogP contribution in [-0.2, 0) is 23.7 Å². The van der Waals surface area contributed by atoms with Crippen molar-refractivity contribution < 1.29 is 39.0 Å². The van der Waals surface area contributed by atoms with E-state index in [2.05, 4.69) is 26.3 Å². The second-order valence-corrected chi connectivity index (χ2v) is 7.76. The highest BCUT2D eigenvalue weighted by Crippen LogP contribution is 2.32. The number of aliphatic hydroxyl groups is 3. The average molecular weight is 516 g/mol. The Labute approximate surface area is 207 Å². The molecule has 4 N–H and O–H groups in total. The van der Waals surface area contributed by atoms with E-state index in [-0.39, 0.29) is 11.9 Å². The van der Waals surface area contributed by atoms with E-state index in [1.165, 1.54) is 10.9 Å². The predicted octanol–water partition coefficient (Wildman–Crippen LogP) is -0.797. The fourth-order valence-corrected chi connectivity index (χ4v) is 3.50. The number of rotatable bonds is 16. The Morgan fingerprint density at radius 1 is 1.03 bits per heavy atom. The molecule has 1 aliphatic heterocycles. The van der Waals surface area contributed by atoms with Gasteiger partial charge in [-0.15, -0.1) is 6.42 Å². The van der Waals surface area contributed by atoms with Crippen molar-refractivity contribution in [3.8, 4) is 12.3 Å². The van der Waals surface area contributed by atoms with Gasteiger partial charge in [-0.3, -0.25) is 0 Å². The molecular weight excluding hydrogens is 486 g/mol. The standard InChI is InChI=1S/C21H30ClN5O8/c1-2-4-31-6-8-33-10-11-34-9-7-32-5-3-23-18-14-12-24-27(19(14)26-21(22)25-18)20-17(30)16(29)15(13-28)35-20/h1,12,15-17,20,28-30H,3-11,13H2,(H,23,25,26)/t15-,16-,17-,20-/m1/s1. The van der Waals surface area contributed by atoms with Gasteiger partial charge < -0.3 is 44.3 Å². The first kappa shape index (κ1) is 27.5. The van der Waals surface area contributed by atoms with Gasteiger partial charge in [0, 0.05) is 6.54 Å². The smallest absolute Gasteiger partial charge is 0.226 e. The van der Waals surface area contributed by atoms with E-state index >= 15 is 0 Å². The van der Waals surface area contributed by atoms with Crippen molar-refractivity contribution in [2.45, 2.75) is 24.5 Å². The fourth-order valence-electron chi connectivity index (χ4n) is 3.33. The van der Waals surface area contributed by atoms with Gasteiger partial charge in [0.1, 0.15) is 30.7 Å². The van der Waals surface area contributed by atoms with Crippen LogP contribution in [0.15, 0.2) is 6.20 Å². The molecule has 0 bridgehead atoms. The number of halogens is 1. The van der Waals surface area contributed by atoms with Gasteiger partial charge >= 0.3 is 0 Å². The highest BCUT2D eigenvalue weighted by molar-refractivity contribution is 6.28. The third-order valence-corrected chi connectivity index (χ3v) is 5.19. The highest BCUT2D eigenvalue weighted by Gasteiger charge is 2.44. The van der Waals surface area contributed by atoms with Crippen LogP contribution >= 0.6 is 11.6 Å². The lowest BCUT2D eigenvalue weighted by molar-refractivity contribution is -0.0566. The van der Waals surface area contributed by atoms with E-state index in [4.69, 9.17) is 41.7 Å². The zero-order chi connectivity index (χ0) is 25.0. The Balaban J connectivity index is 1.38. The van der Waals surface area contributed by atoms with Crippen LogP contribution in [0.1, 0.15) is 6.23 Å². The number of ether oxygens (including phenoxy) is 5. The Morgan fingerprint density at radius 3 is 2.31 bits per heavy atom. The first-order chi connectivity index (χ1) is 17.1. The summed E-state index contributed by atoms with van der Waals surface area (Å²) in [6.07, 6.45) is 2.05. The van der Waals surface area contributed by atoms with Gasteiger partial charge in [0.15, 0.2) is 11.9 Å². The molecule has 13 nitrogen and oxygen atoms in total. The maximum absolute atomic E-state index is 10.3. The van der Waals surface area contributed by atoms with Crippen LogP contribution in [0.25, 0.3) is 11.0 Å². The van der Waals surface area contributed by atoms with Crippen LogP contribution in [-0.4, -0.2) is 119 Å². The summed E-state index contributed by atoms with van der Waals surface area (Å²) >= 11 is 6.08. The van der Waals surface area contributed by atoms with Gasteiger partial charge in [-0.2, -0.15) is 15.1 Å². The van der Waals surface area contributed by atoms with E-state index in [0.29, 0.717) is 69.6 Å². The molecule has 0 amide bonds. The molecule has 194 valence electrons. The minimum absolute atomic E-state index is 0.0346. The topological polar surface area (TPSA) is 162 Å². The number of aromatic nitrogens is 4. The van der Waals surface area contributed by atoms with Crippen molar-refractivity contribution in [1.82, 2.24) is 19.7 Å². The first-order valence-electron chi connectivity index (χ1n) is 11.1. The van der Waals surface area contributed by atoms with Crippen LogP contribution in [0.2, 0.25) is 5.28 Å². The van der Waals surface area contributed by atoms with Gasteiger partial charge in [0.05, 0.1) is 64.4 Å². The normalized spacial score (nSPS) is 22.0. The third-order valence-electron chi connectivity index (χ3n) is 5.02. The summed E-state index contributed by atoms with van der Waals surface area (Å²) in [5.41, 5.74) is 0.307. The van der Waals surface area contributed by atoms with Crippen LogP contribution < -0.4 is 5.32 Å². The number of hydrogen-bond acceptors (Lipinski definition) is 12. The average Bonchev–Trinajstić information content (AvgIpc) is 3.39. The Kier molecular flexibility index (Phi) is 11.3. The number of anilines is 1. The molecule has 4 atom stereocenters. The lowest BCUT2D eigenvalue weighted by Crippen LogP contribution is -2.33. The molecule has 35 heavy (non-hydrogen) atoms. The zero-order valence-corrected chi connectivity index (χ0v) is 19.8. The summed E-state index contributed by atoms with van der Waals surface area (Å²) in [5, 5.41) is 37.5. The Hall–Kier alpha value is -2.12. The molecule has 0 saturated carbocycles. The number of aliphatic hydroxyl groups excluding tert-OH is 3. The van der Waals surface area contributed by atoms with Crippen molar-refractivity contribution in [1.29, 1.82) is 0 Å². The lowest BCUT2D eigenvalue weighted by atomic mass is 10.1. The molecule has 3 heterocycles. The van der Waals surface area contributed by atoms with Crippen molar-refractivity contribution in [3.05, 3.63) is 11.5 Å². The zero-order valence-electron chi connectivity index (χ0n) is 19.1. The Morgan fingerprint density at radius 2 is 1.69 bits per heavy atom. The predicted molar refractivity (Wildman–Crippen MR) is 124 cm³/mol.